The van der Waals surface area contributed by atoms with Gasteiger partial charge in [0.15, 0.2) is 0 Å². The van der Waals surface area contributed by atoms with E-state index in [1.54, 1.807) is 7.05 Å². The van der Waals surface area contributed by atoms with Crippen LogP contribution in [0.3, 0.4) is 0 Å². The van der Waals surface area contributed by atoms with Gasteiger partial charge in [0.1, 0.15) is 18.3 Å². The number of carboxylic acid groups (broad SMARTS) is 1. The summed E-state index contributed by atoms with van der Waals surface area (Å²) in [6.07, 6.45) is -5.65. The number of likely N-dealkylation sites (N-methyl/N-ethyl adjacent to an activating group) is 1. The SMILES string of the molecule is CNC(=O)c1c(I)c(NC(C)=O)c(I)c(C(=O)O)c1I.CNC[C@H](O)[C@@H](O)[C@H](O)[C@H](O)CO.[NaH]. The molecule has 0 heterocycles. The van der Waals surface area contributed by atoms with E-state index in [-0.39, 0.29) is 53.1 Å². The van der Waals surface area contributed by atoms with Gasteiger partial charge in [-0.2, -0.15) is 0 Å². The molecule has 0 aliphatic carbocycles. The normalized spacial score (nSPS) is 13.9. The Bertz CT molecular complexity index is 864. The van der Waals surface area contributed by atoms with Crippen molar-refractivity contribution in [3.8, 4) is 0 Å². The van der Waals surface area contributed by atoms with Gasteiger partial charge in [-0.1, -0.05) is 0 Å². The van der Waals surface area contributed by atoms with E-state index in [2.05, 4.69) is 16.0 Å². The summed E-state index contributed by atoms with van der Waals surface area (Å²) in [5.41, 5.74) is 0.597. The van der Waals surface area contributed by atoms with Gasteiger partial charge in [-0.05, 0) is 74.8 Å². The number of aliphatic hydroxyl groups excluding tert-OH is 5. The van der Waals surface area contributed by atoms with Crippen LogP contribution >= 0.6 is 67.8 Å². The molecular formula is C18H27I3N3NaO9. The molecule has 4 atom stereocenters. The van der Waals surface area contributed by atoms with Crippen LogP contribution in [0.4, 0.5) is 5.69 Å². The van der Waals surface area contributed by atoms with Gasteiger partial charge in [-0.3, -0.25) is 9.59 Å². The topological polar surface area (TPSA) is 209 Å². The third-order valence-corrected chi connectivity index (χ3v) is 7.26. The molecule has 1 aromatic carbocycles. The molecule has 0 unspecified atom stereocenters. The maximum absolute atomic E-state index is 12.0. The number of carbonyl (C=O) groups is 3. The van der Waals surface area contributed by atoms with Crippen LogP contribution in [-0.2, 0) is 4.79 Å². The molecule has 190 valence electrons. The van der Waals surface area contributed by atoms with Crippen molar-refractivity contribution >= 4 is 121 Å². The molecule has 2 amide bonds. The number of carbonyl (C=O) groups excluding carboxylic acids is 2. The van der Waals surface area contributed by atoms with E-state index in [9.17, 15) is 24.6 Å². The summed E-state index contributed by atoms with van der Waals surface area (Å²) in [5.74, 6) is -1.88. The van der Waals surface area contributed by atoms with Crippen molar-refractivity contribution in [1.29, 1.82) is 0 Å². The van der Waals surface area contributed by atoms with Gasteiger partial charge in [0.25, 0.3) is 5.91 Å². The van der Waals surface area contributed by atoms with Crippen molar-refractivity contribution in [3.63, 3.8) is 0 Å². The molecule has 0 fully saturated rings. The number of anilines is 1. The molecular weight excluding hydrogens is 806 g/mol. The van der Waals surface area contributed by atoms with E-state index in [0.29, 0.717) is 16.4 Å². The van der Waals surface area contributed by atoms with Crippen LogP contribution in [0.2, 0.25) is 0 Å². The monoisotopic (exact) mass is 833 g/mol. The average molecular weight is 833 g/mol. The van der Waals surface area contributed by atoms with Gasteiger partial charge in [0.2, 0.25) is 5.91 Å². The number of nitrogens with one attached hydrogen (secondary N) is 3. The minimum absolute atomic E-state index is 0. The molecule has 0 aliphatic heterocycles. The van der Waals surface area contributed by atoms with Gasteiger partial charge in [-0.25, -0.2) is 4.79 Å². The predicted octanol–water partition coefficient (Wildman–Crippen LogP) is -1.49. The first-order chi connectivity index (χ1) is 15.3. The van der Waals surface area contributed by atoms with E-state index in [4.69, 9.17) is 20.4 Å². The zero-order valence-corrected chi connectivity index (χ0v) is 24.2. The second-order valence-electron chi connectivity index (χ2n) is 6.49. The van der Waals surface area contributed by atoms with Gasteiger partial charge in [0.05, 0.1) is 36.7 Å². The molecule has 16 heteroatoms. The fourth-order valence-corrected chi connectivity index (χ4v) is 6.74. The van der Waals surface area contributed by atoms with Crippen LogP contribution < -0.4 is 16.0 Å². The molecule has 0 saturated heterocycles. The molecule has 34 heavy (non-hydrogen) atoms. The first-order valence-electron chi connectivity index (χ1n) is 9.17. The number of hydrogen-bond donors (Lipinski definition) is 9. The summed E-state index contributed by atoms with van der Waals surface area (Å²) >= 11 is 5.61. The minimum atomic E-state index is -1.55. The molecule has 0 aromatic heterocycles. The zero-order chi connectivity index (χ0) is 26.0. The molecule has 1 aromatic rings. The maximum atomic E-state index is 12.0. The predicted molar refractivity (Wildman–Crippen MR) is 151 cm³/mol. The molecule has 0 aliphatic rings. The average Bonchev–Trinajstić information content (AvgIpc) is 2.75. The first kappa shape index (κ1) is 36.7. The number of hydrogen-bond acceptors (Lipinski definition) is 9. The number of benzene rings is 1. The number of aromatic carboxylic acids is 1. The molecule has 12 nitrogen and oxygen atoms in total. The Hall–Kier alpha value is 0.580. The van der Waals surface area contributed by atoms with Gasteiger partial charge in [-0.15, -0.1) is 0 Å². The summed E-state index contributed by atoms with van der Waals surface area (Å²) in [7, 11) is 3.04. The quantitative estimate of drug-likeness (QED) is 0.104. The second kappa shape index (κ2) is 17.9. The Kier molecular flexibility index (Phi) is 19.4. The van der Waals surface area contributed by atoms with E-state index in [1.165, 1.54) is 14.0 Å². The van der Waals surface area contributed by atoms with Crippen molar-refractivity contribution in [3.05, 3.63) is 21.8 Å². The van der Waals surface area contributed by atoms with Crippen LogP contribution in [0, 0.1) is 10.7 Å². The van der Waals surface area contributed by atoms with Crippen molar-refractivity contribution in [2.45, 2.75) is 31.3 Å². The van der Waals surface area contributed by atoms with E-state index >= 15 is 0 Å². The van der Waals surface area contributed by atoms with Crippen LogP contribution in [0.5, 0.6) is 0 Å². The fraction of sp³-hybridized carbons (Fsp3) is 0.500. The van der Waals surface area contributed by atoms with Crippen LogP contribution in [0.25, 0.3) is 0 Å². The first-order valence-corrected chi connectivity index (χ1v) is 12.4. The molecule has 0 bridgehead atoms. The summed E-state index contributed by atoms with van der Waals surface area (Å²) in [4.78, 5) is 34.6. The molecule has 0 radical (unpaired) electrons. The van der Waals surface area contributed by atoms with E-state index < -0.39 is 42.9 Å². The molecule has 9 N–H and O–H groups in total. The number of aliphatic hydroxyl groups is 5. The molecule has 0 spiro atoms. The number of amides is 2. The Labute approximate surface area is 259 Å². The van der Waals surface area contributed by atoms with E-state index in [0.717, 1.165) is 0 Å². The number of halogens is 3. The Morgan fingerprint density at radius 2 is 1.35 bits per heavy atom. The van der Waals surface area contributed by atoms with Crippen molar-refractivity contribution in [2.75, 3.05) is 32.6 Å². The van der Waals surface area contributed by atoms with Crippen LogP contribution in [0.15, 0.2) is 0 Å². The Balaban J connectivity index is 0. The summed E-state index contributed by atoms with van der Waals surface area (Å²) in [5, 5.41) is 61.8. The van der Waals surface area contributed by atoms with Crippen molar-refractivity contribution < 1.29 is 45.0 Å². The summed E-state index contributed by atoms with van der Waals surface area (Å²) < 4.78 is 1.25. The van der Waals surface area contributed by atoms with Gasteiger partial charge < -0.3 is 46.6 Å². The second-order valence-corrected chi connectivity index (χ2v) is 9.72. The number of carboxylic acids is 1. The van der Waals surface area contributed by atoms with Gasteiger partial charge >= 0.3 is 35.5 Å². The molecule has 1 rings (SSSR count). The van der Waals surface area contributed by atoms with Crippen molar-refractivity contribution in [2.24, 2.45) is 0 Å². The molecule has 0 saturated carbocycles. The van der Waals surface area contributed by atoms with Crippen LogP contribution in [0.1, 0.15) is 27.6 Å². The summed E-state index contributed by atoms with van der Waals surface area (Å²) in [6.45, 7) is 0.755. The standard InChI is InChI=1S/C11H9I3N2O4.C7H17NO5.Na.H/c1-3(17)16-9-7(13)4(10(18)15-2)6(12)5(8(9)14)11(19)20;1-8-2-4(10)6(12)7(13)5(11)3-9;;/h1-2H3,(H,15,18)(H,16,17)(H,19,20);4-13H,2-3H2,1H3;;/t;4-,5+,6+,7+;;/m.0../s1. The fourth-order valence-electron chi connectivity index (χ4n) is 2.36. The Morgan fingerprint density at radius 3 is 1.74 bits per heavy atom. The van der Waals surface area contributed by atoms with E-state index in [1.807, 2.05) is 67.8 Å². The zero-order valence-electron chi connectivity index (χ0n) is 17.8. The van der Waals surface area contributed by atoms with Crippen molar-refractivity contribution in [1.82, 2.24) is 10.6 Å². The Morgan fingerprint density at radius 1 is 0.882 bits per heavy atom. The third-order valence-electron chi connectivity index (χ3n) is 4.02. The number of rotatable bonds is 9. The summed E-state index contributed by atoms with van der Waals surface area (Å²) in [6, 6.07) is 0. The third kappa shape index (κ3) is 10.5. The van der Waals surface area contributed by atoms with Gasteiger partial charge in [0, 0.05) is 24.1 Å². The van der Waals surface area contributed by atoms with Crippen LogP contribution in [-0.4, -0.2) is 130 Å².